The first-order chi connectivity index (χ1) is 13.3. The van der Waals surface area contributed by atoms with Gasteiger partial charge in [-0.1, -0.05) is 30.3 Å². The number of carbonyl (C=O) groups is 3. The van der Waals surface area contributed by atoms with Gasteiger partial charge in [0, 0.05) is 19.4 Å². The highest BCUT2D eigenvalue weighted by atomic mass is 32.2. The number of hydrogen-bond donors (Lipinski definition) is 1. The summed E-state index contributed by atoms with van der Waals surface area (Å²) in [5, 5.41) is 7.73. The van der Waals surface area contributed by atoms with Crippen LogP contribution in [0.5, 0.6) is 0 Å². The molecule has 3 rings (SSSR count). The van der Waals surface area contributed by atoms with E-state index in [1.807, 2.05) is 30.3 Å². The molecule has 1 aromatic rings. The molecule has 2 aliphatic heterocycles. The third-order valence-corrected chi connectivity index (χ3v) is 6.27. The van der Waals surface area contributed by atoms with Crippen LogP contribution in [0.3, 0.4) is 0 Å². The van der Waals surface area contributed by atoms with Crippen LogP contribution >= 0.6 is 0 Å². The normalized spacial score (nSPS) is 21.1. The lowest BCUT2D eigenvalue weighted by Gasteiger charge is -2.27. The zero-order valence-corrected chi connectivity index (χ0v) is 16.0. The third-order valence-electron chi connectivity index (χ3n) is 4.52. The number of sulfone groups is 1. The second-order valence-electron chi connectivity index (χ2n) is 6.68. The monoisotopic (exact) mass is 407 g/mol. The summed E-state index contributed by atoms with van der Waals surface area (Å²) in [6, 6.07) is 8.73. The lowest BCUT2D eigenvalue weighted by molar-refractivity contribution is -0.143. The number of hydrogen-bond acceptors (Lipinski definition) is 7. The summed E-state index contributed by atoms with van der Waals surface area (Å²) in [4.78, 5) is 36.1. The highest BCUT2D eigenvalue weighted by Gasteiger charge is 2.37. The Balaban J connectivity index is 1.52. The number of nitrogens with one attached hydrogen (secondary N) is 1. The fourth-order valence-electron chi connectivity index (χ4n) is 3.03. The van der Waals surface area contributed by atoms with Gasteiger partial charge < -0.3 is 10.1 Å². The van der Waals surface area contributed by atoms with Gasteiger partial charge in [0.05, 0.1) is 17.5 Å². The van der Waals surface area contributed by atoms with Gasteiger partial charge in [0.1, 0.15) is 5.71 Å². The molecule has 0 radical (unpaired) electrons. The van der Waals surface area contributed by atoms with Crippen LogP contribution in [-0.2, 0) is 35.5 Å². The topological polar surface area (TPSA) is 122 Å². The minimum atomic E-state index is -3.19. The van der Waals surface area contributed by atoms with E-state index in [0.29, 0.717) is 13.0 Å². The van der Waals surface area contributed by atoms with Crippen LogP contribution in [0.2, 0.25) is 0 Å². The Morgan fingerprint density at radius 1 is 1.21 bits per heavy atom. The van der Waals surface area contributed by atoms with E-state index in [9.17, 15) is 22.8 Å². The van der Waals surface area contributed by atoms with Gasteiger partial charge in [0.25, 0.3) is 5.91 Å². The van der Waals surface area contributed by atoms with Crippen LogP contribution in [0.1, 0.15) is 24.8 Å². The second-order valence-corrected chi connectivity index (χ2v) is 8.91. The number of carbonyl (C=O) groups excluding carboxylic acids is 3. The van der Waals surface area contributed by atoms with E-state index < -0.39 is 34.4 Å². The van der Waals surface area contributed by atoms with Crippen molar-refractivity contribution in [2.24, 2.45) is 5.10 Å². The van der Waals surface area contributed by atoms with Crippen molar-refractivity contribution in [1.82, 2.24) is 10.3 Å². The fourth-order valence-corrected chi connectivity index (χ4v) is 4.73. The molecule has 1 atom stereocenters. The van der Waals surface area contributed by atoms with Crippen molar-refractivity contribution >= 4 is 33.3 Å². The van der Waals surface area contributed by atoms with E-state index in [4.69, 9.17) is 4.74 Å². The summed E-state index contributed by atoms with van der Waals surface area (Å²) >= 11 is 0. The Bertz CT molecular complexity index is 897. The Hall–Kier alpha value is -2.75. The first-order valence-corrected chi connectivity index (χ1v) is 10.7. The van der Waals surface area contributed by atoms with Crippen LogP contribution in [0.4, 0.5) is 0 Å². The molecule has 9 nitrogen and oxygen atoms in total. The third kappa shape index (κ3) is 5.16. The van der Waals surface area contributed by atoms with Gasteiger partial charge in [-0.2, -0.15) is 5.10 Å². The van der Waals surface area contributed by atoms with Crippen molar-refractivity contribution in [1.29, 1.82) is 0 Å². The molecule has 0 aromatic heterocycles. The van der Waals surface area contributed by atoms with Crippen LogP contribution in [0.15, 0.2) is 35.4 Å². The molecule has 10 heteroatoms. The van der Waals surface area contributed by atoms with E-state index >= 15 is 0 Å². The highest BCUT2D eigenvalue weighted by molar-refractivity contribution is 7.91. The number of rotatable bonds is 6. The number of nitrogens with zero attached hydrogens (tertiary/aromatic N) is 2. The molecule has 1 saturated heterocycles. The SMILES string of the molecule is O=C(COC(=O)C1=NN([C@H]2CCS(=O)(=O)C2)C(=O)CC1)NCc1ccccc1. The molecule has 0 aliphatic carbocycles. The minimum Gasteiger partial charge on any atom is -0.451 e. The Morgan fingerprint density at radius 3 is 2.64 bits per heavy atom. The average Bonchev–Trinajstić information content (AvgIpc) is 3.05. The molecule has 1 aromatic carbocycles. The smallest absolute Gasteiger partial charge is 0.355 e. The van der Waals surface area contributed by atoms with Crippen LogP contribution < -0.4 is 5.32 Å². The summed E-state index contributed by atoms with van der Waals surface area (Å²) < 4.78 is 28.2. The van der Waals surface area contributed by atoms with Gasteiger partial charge in [-0.15, -0.1) is 0 Å². The van der Waals surface area contributed by atoms with Gasteiger partial charge in [-0.05, 0) is 12.0 Å². The molecule has 2 amide bonds. The summed E-state index contributed by atoms with van der Waals surface area (Å²) in [6.45, 7) is -0.146. The molecule has 1 fully saturated rings. The van der Waals surface area contributed by atoms with Crippen molar-refractivity contribution in [3.05, 3.63) is 35.9 Å². The molecular weight excluding hydrogens is 386 g/mol. The van der Waals surface area contributed by atoms with Crippen molar-refractivity contribution in [2.75, 3.05) is 18.1 Å². The van der Waals surface area contributed by atoms with Crippen molar-refractivity contribution in [2.45, 2.75) is 31.8 Å². The van der Waals surface area contributed by atoms with E-state index in [0.717, 1.165) is 10.6 Å². The number of ether oxygens (including phenoxy) is 1. The first kappa shape index (κ1) is 20.0. The number of benzene rings is 1. The maximum atomic E-state index is 12.2. The first-order valence-electron chi connectivity index (χ1n) is 8.92. The molecule has 28 heavy (non-hydrogen) atoms. The molecule has 0 bridgehead atoms. The van der Waals surface area contributed by atoms with Gasteiger partial charge >= 0.3 is 5.97 Å². The van der Waals surface area contributed by atoms with E-state index in [2.05, 4.69) is 10.4 Å². The Labute approximate surface area is 162 Å². The molecule has 2 heterocycles. The standard InChI is InChI=1S/C18H21N3O6S/c22-16(19-10-13-4-2-1-3-5-13)11-27-18(24)15-6-7-17(23)21(20-15)14-8-9-28(25,26)12-14/h1-5,14H,6-12H2,(H,19,22)/t14-/m0/s1. The van der Waals surface area contributed by atoms with Crippen LogP contribution in [0.25, 0.3) is 0 Å². The lowest BCUT2D eigenvalue weighted by Crippen LogP contribution is -2.42. The van der Waals surface area contributed by atoms with Crippen molar-refractivity contribution in [3.8, 4) is 0 Å². The van der Waals surface area contributed by atoms with Gasteiger partial charge in [-0.25, -0.2) is 18.2 Å². The molecule has 2 aliphatic rings. The van der Waals surface area contributed by atoms with Gasteiger partial charge in [0.15, 0.2) is 16.4 Å². The summed E-state index contributed by atoms with van der Waals surface area (Å²) in [6.07, 6.45) is 0.436. The average molecular weight is 407 g/mol. The number of amides is 2. The van der Waals surface area contributed by atoms with Crippen molar-refractivity contribution < 1.29 is 27.5 Å². The van der Waals surface area contributed by atoms with Crippen LogP contribution in [-0.4, -0.2) is 61.1 Å². The molecule has 150 valence electrons. The van der Waals surface area contributed by atoms with Gasteiger partial charge in [-0.3, -0.25) is 9.59 Å². The summed E-state index contributed by atoms with van der Waals surface area (Å²) in [7, 11) is -3.19. The lowest BCUT2D eigenvalue weighted by atomic mass is 10.1. The van der Waals surface area contributed by atoms with E-state index in [1.54, 1.807) is 0 Å². The largest absolute Gasteiger partial charge is 0.451 e. The zero-order chi connectivity index (χ0) is 20.1. The van der Waals surface area contributed by atoms with E-state index in [1.165, 1.54) is 0 Å². The number of hydrazone groups is 1. The Morgan fingerprint density at radius 2 is 1.96 bits per heavy atom. The minimum absolute atomic E-state index is 0.00165. The predicted molar refractivity (Wildman–Crippen MR) is 99.8 cm³/mol. The molecule has 0 unspecified atom stereocenters. The second kappa shape index (κ2) is 8.51. The number of esters is 1. The quantitative estimate of drug-likeness (QED) is 0.663. The predicted octanol–water partition coefficient (Wildman–Crippen LogP) is 0.0115. The maximum Gasteiger partial charge on any atom is 0.355 e. The fraction of sp³-hybridized carbons (Fsp3) is 0.444. The molecular formula is C18H21N3O6S. The highest BCUT2D eigenvalue weighted by Crippen LogP contribution is 2.22. The Kier molecular flexibility index (Phi) is 6.08. The molecule has 0 saturated carbocycles. The summed E-state index contributed by atoms with van der Waals surface area (Å²) in [5.41, 5.74) is 0.930. The van der Waals surface area contributed by atoms with Gasteiger partial charge in [0.2, 0.25) is 5.91 Å². The molecule has 1 N–H and O–H groups in total. The van der Waals surface area contributed by atoms with E-state index in [-0.39, 0.29) is 36.0 Å². The van der Waals surface area contributed by atoms with Crippen LogP contribution in [0, 0.1) is 0 Å². The molecule has 0 spiro atoms. The van der Waals surface area contributed by atoms with Crippen molar-refractivity contribution in [3.63, 3.8) is 0 Å². The zero-order valence-electron chi connectivity index (χ0n) is 15.2. The maximum absolute atomic E-state index is 12.2. The summed E-state index contributed by atoms with van der Waals surface area (Å²) in [5.74, 6) is -1.72.